The molecule has 2 saturated heterocycles. The third-order valence-electron chi connectivity index (χ3n) is 7.03. The number of carbonyl (C=O) groups excluding carboxylic acids is 1. The minimum Gasteiger partial charge on any atom is -0.483 e. The standard InChI is InChI=1S/C25H35BFNO5/c1-22(2,3)31-21(29)28-15-8-12-25(14-16-28)13-11-17-19(30-25)10-9-18(27)20(17)26-32-23(4,5)24(6,7)33-26/h9-11,13H,8,12,14-16H2,1-7H3. The van der Waals surface area contributed by atoms with Crippen LogP contribution in [0, 0.1) is 5.82 Å². The monoisotopic (exact) mass is 459 g/mol. The summed E-state index contributed by atoms with van der Waals surface area (Å²) in [5.41, 5.74) is -1.21. The highest BCUT2D eigenvalue weighted by atomic mass is 19.1. The lowest BCUT2D eigenvalue weighted by atomic mass is 9.74. The minimum atomic E-state index is -0.816. The van der Waals surface area contributed by atoms with E-state index in [9.17, 15) is 9.18 Å². The predicted octanol–water partition coefficient (Wildman–Crippen LogP) is 4.69. The lowest BCUT2D eigenvalue weighted by molar-refractivity contribution is 0.00578. The van der Waals surface area contributed by atoms with E-state index in [0.29, 0.717) is 36.3 Å². The molecule has 0 bridgehead atoms. The molecule has 3 aliphatic heterocycles. The van der Waals surface area contributed by atoms with Crippen molar-refractivity contribution in [2.24, 2.45) is 0 Å². The maximum atomic E-state index is 15.0. The molecule has 1 spiro atoms. The van der Waals surface area contributed by atoms with Crippen molar-refractivity contribution in [2.45, 2.75) is 90.1 Å². The molecular weight excluding hydrogens is 424 g/mol. The largest absolute Gasteiger partial charge is 0.498 e. The van der Waals surface area contributed by atoms with Gasteiger partial charge in [-0.25, -0.2) is 9.18 Å². The topological polar surface area (TPSA) is 57.2 Å². The van der Waals surface area contributed by atoms with E-state index in [2.05, 4.69) is 0 Å². The van der Waals surface area contributed by atoms with Crippen LogP contribution in [0.15, 0.2) is 18.2 Å². The molecular formula is C25H35BFNO5. The van der Waals surface area contributed by atoms with Crippen molar-refractivity contribution < 1.29 is 28.0 Å². The van der Waals surface area contributed by atoms with Crippen LogP contribution in [-0.2, 0) is 14.0 Å². The number of rotatable bonds is 1. The Kier molecular flexibility index (Phi) is 5.85. The fraction of sp³-hybridized carbons (Fsp3) is 0.640. The second-order valence-corrected chi connectivity index (χ2v) is 11.3. The number of benzene rings is 1. The number of amides is 1. The first-order chi connectivity index (χ1) is 15.2. The van der Waals surface area contributed by atoms with Gasteiger partial charge in [0.1, 0.15) is 22.8 Å². The molecule has 4 rings (SSSR count). The number of hydrogen-bond donors (Lipinski definition) is 0. The summed E-state index contributed by atoms with van der Waals surface area (Å²) in [6, 6.07) is 3.08. The van der Waals surface area contributed by atoms with Crippen LogP contribution in [-0.4, -0.2) is 53.6 Å². The maximum absolute atomic E-state index is 15.0. The molecule has 3 aliphatic rings. The highest BCUT2D eigenvalue weighted by Gasteiger charge is 2.53. The van der Waals surface area contributed by atoms with Gasteiger partial charge in [0.2, 0.25) is 0 Å². The van der Waals surface area contributed by atoms with Gasteiger partial charge >= 0.3 is 13.2 Å². The number of hydrogen-bond acceptors (Lipinski definition) is 5. The van der Waals surface area contributed by atoms with E-state index in [0.717, 1.165) is 12.8 Å². The van der Waals surface area contributed by atoms with Gasteiger partial charge in [0.15, 0.2) is 0 Å². The summed E-state index contributed by atoms with van der Waals surface area (Å²) >= 11 is 0. The van der Waals surface area contributed by atoms with E-state index < -0.39 is 29.5 Å². The van der Waals surface area contributed by atoms with Crippen LogP contribution in [0.3, 0.4) is 0 Å². The molecule has 2 fully saturated rings. The van der Waals surface area contributed by atoms with Gasteiger partial charge < -0.3 is 23.7 Å². The van der Waals surface area contributed by atoms with Gasteiger partial charge in [0.25, 0.3) is 0 Å². The van der Waals surface area contributed by atoms with E-state index >= 15 is 0 Å². The fourth-order valence-corrected chi connectivity index (χ4v) is 4.45. The van der Waals surface area contributed by atoms with Crippen molar-refractivity contribution in [3.8, 4) is 5.75 Å². The predicted molar refractivity (Wildman–Crippen MR) is 126 cm³/mol. The summed E-state index contributed by atoms with van der Waals surface area (Å²) < 4.78 is 39.3. The van der Waals surface area contributed by atoms with Gasteiger partial charge in [-0.15, -0.1) is 0 Å². The van der Waals surface area contributed by atoms with Crippen LogP contribution in [0.4, 0.5) is 9.18 Å². The van der Waals surface area contributed by atoms with Gasteiger partial charge in [-0.2, -0.15) is 0 Å². The number of carbonyl (C=O) groups is 1. The van der Waals surface area contributed by atoms with Gasteiger partial charge in [-0.1, -0.05) is 6.08 Å². The van der Waals surface area contributed by atoms with Crippen molar-refractivity contribution >= 4 is 24.8 Å². The van der Waals surface area contributed by atoms with Crippen LogP contribution in [0.5, 0.6) is 5.75 Å². The maximum Gasteiger partial charge on any atom is 0.498 e. The fourth-order valence-electron chi connectivity index (χ4n) is 4.45. The van der Waals surface area contributed by atoms with E-state index in [1.54, 1.807) is 11.0 Å². The van der Waals surface area contributed by atoms with Crippen molar-refractivity contribution in [1.82, 2.24) is 4.90 Å². The Hall–Kier alpha value is -2.06. The molecule has 180 valence electrons. The zero-order chi connectivity index (χ0) is 24.2. The van der Waals surface area contributed by atoms with Crippen LogP contribution < -0.4 is 10.2 Å². The molecule has 8 heteroatoms. The Labute approximate surface area is 196 Å². The Morgan fingerprint density at radius 2 is 1.76 bits per heavy atom. The molecule has 1 atom stereocenters. The Morgan fingerprint density at radius 1 is 1.09 bits per heavy atom. The first-order valence-electron chi connectivity index (χ1n) is 11.8. The number of ether oxygens (including phenoxy) is 2. The second-order valence-electron chi connectivity index (χ2n) is 11.3. The van der Waals surface area contributed by atoms with Crippen LogP contribution in [0.1, 0.15) is 73.3 Å². The molecule has 6 nitrogen and oxygen atoms in total. The molecule has 1 aromatic rings. The molecule has 33 heavy (non-hydrogen) atoms. The molecule has 0 radical (unpaired) electrons. The highest BCUT2D eigenvalue weighted by molar-refractivity contribution is 6.63. The quantitative estimate of drug-likeness (QED) is 0.571. The average molecular weight is 459 g/mol. The summed E-state index contributed by atoms with van der Waals surface area (Å²) in [7, 11) is -0.816. The Bertz CT molecular complexity index is 954. The summed E-state index contributed by atoms with van der Waals surface area (Å²) in [5.74, 6) is 0.225. The first kappa shape index (κ1) is 24.1. The summed E-state index contributed by atoms with van der Waals surface area (Å²) in [6.45, 7) is 14.5. The Balaban J connectivity index is 1.56. The van der Waals surface area contributed by atoms with Gasteiger partial charge in [0.05, 0.1) is 11.2 Å². The zero-order valence-corrected chi connectivity index (χ0v) is 20.8. The number of likely N-dealkylation sites (tertiary alicyclic amines) is 1. The summed E-state index contributed by atoms with van der Waals surface area (Å²) in [5, 5.41) is 0. The molecule has 0 N–H and O–H groups in total. The van der Waals surface area contributed by atoms with E-state index in [4.69, 9.17) is 18.8 Å². The summed E-state index contributed by atoms with van der Waals surface area (Å²) in [6.07, 6.45) is 5.79. The van der Waals surface area contributed by atoms with Crippen molar-refractivity contribution in [1.29, 1.82) is 0 Å². The SMILES string of the molecule is CC(C)(C)OC(=O)N1CCCC2(C=Cc3c(ccc(F)c3B3OC(C)(C)C(C)(C)O3)O2)CC1. The second kappa shape index (κ2) is 8.02. The van der Waals surface area contributed by atoms with Crippen LogP contribution in [0.25, 0.3) is 6.08 Å². The lowest BCUT2D eigenvalue weighted by Crippen LogP contribution is -2.42. The number of nitrogens with zero attached hydrogens (tertiary/aromatic N) is 1. The average Bonchev–Trinajstić information content (AvgIpc) is 2.81. The molecule has 3 heterocycles. The third kappa shape index (κ3) is 4.65. The van der Waals surface area contributed by atoms with Gasteiger partial charge in [-0.05, 0) is 79.5 Å². The molecule has 0 aromatic heterocycles. The molecule has 1 unspecified atom stereocenters. The highest BCUT2D eigenvalue weighted by Crippen LogP contribution is 2.40. The van der Waals surface area contributed by atoms with Crippen molar-refractivity contribution in [2.75, 3.05) is 13.1 Å². The molecule has 0 saturated carbocycles. The third-order valence-corrected chi connectivity index (χ3v) is 7.03. The van der Waals surface area contributed by atoms with E-state index in [1.807, 2.05) is 60.6 Å². The molecule has 0 aliphatic carbocycles. The van der Waals surface area contributed by atoms with Gasteiger partial charge in [0, 0.05) is 30.5 Å². The van der Waals surface area contributed by atoms with E-state index in [1.165, 1.54) is 6.07 Å². The minimum absolute atomic E-state index is 0.301. The van der Waals surface area contributed by atoms with Crippen molar-refractivity contribution in [3.05, 3.63) is 29.6 Å². The Morgan fingerprint density at radius 3 is 2.39 bits per heavy atom. The van der Waals surface area contributed by atoms with Gasteiger partial charge in [-0.3, -0.25) is 0 Å². The van der Waals surface area contributed by atoms with Crippen LogP contribution >= 0.6 is 0 Å². The van der Waals surface area contributed by atoms with E-state index in [-0.39, 0.29) is 11.9 Å². The lowest BCUT2D eigenvalue weighted by Gasteiger charge is -2.35. The number of fused-ring (bicyclic) bond motifs is 1. The number of halogens is 1. The zero-order valence-electron chi connectivity index (χ0n) is 20.8. The summed E-state index contributed by atoms with van der Waals surface area (Å²) in [4.78, 5) is 14.3. The first-order valence-corrected chi connectivity index (χ1v) is 11.8. The normalized spacial score (nSPS) is 26.1. The smallest absolute Gasteiger partial charge is 0.483 e. The van der Waals surface area contributed by atoms with Crippen LogP contribution in [0.2, 0.25) is 0 Å². The van der Waals surface area contributed by atoms with Crippen molar-refractivity contribution in [3.63, 3.8) is 0 Å². The molecule has 1 amide bonds. The molecule has 1 aromatic carbocycles.